The maximum Gasteiger partial charge on any atom is 0.316 e. The zero-order valence-electron chi connectivity index (χ0n) is 15.0. The third-order valence-electron chi connectivity index (χ3n) is 4.78. The Labute approximate surface area is 168 Å². The number of carbonyl (C=O) groups excluding carboxylic acids is 2. The molecule has 3 aromatic rings. The lowest BCUT2D eigenvalue weighted by Crippen LogP contribution is -2.27. The largest absolute Gasteiger partial charge is 0.426 e. The number of hydrogen-bond acceptors (Lipinski definition) is 3. The lowest BCUT2D eigenvalue weighted by Gasteiger charge is -2.16. The summed E-state index contributed by atoms with van der Waals surface area (Å²) in [4.78, 5) is 26.4. The van der Waals surface area contributed by atoms with Crippen LogP contribution < -0.4 is 9.64 Å². The topological polar surface area (TPSA) is 46.6 Å². The highest BCUT2D eigenvalue weighted by Crippen LogP contribution is 2.28. The Morgan fingerprint density at radius 1 is 0.893 bits per heavy atom. The molecule has 28 heavy (non-hydrogen) atoms. The summed E-state index contributed by atoms with van der Waals surface area (Å²) in [5.41, 5.74) is 2.88. The van der Waals surface area contributed by atoms with Gasteiger partial charge in [-0.15, -0.1) is 0 Å². The van der Waals surface area contributed by atoms with E-state index in [2.05, 4.69) is 0 Å². The van der Waals surface area contributed by atoms with Gasteiger partial charge in [0.2, 0.25) is 5.91 Å². The van der Waals surface area contributed by atoms with Gasteiger partial charge in [0.15, 0.2) is 0 Å². The standard InChI is InChI=1S/C23H18ClNO3/c24-19-8-10-20(11-9-19)25-15-18(14-22(25)26)23(27)28-21-12-6-17(7-13-21)16-4-2-1-3-5-16/h1-13,18H,14-15H2/t18-/m0/s1. The van der Waals surface area contributed by atoms with E-state index < -0.39 is 11.9 Å². The molecular formula is C23H18ClNO3. The van der Waals surface area contributed by atoms with Crippen LogP contribution in [0.3, 0.4) is 0 Å². The van der Waals surface area contributed by atoms with Crippen LogP contribution in [0.25, 0.3) is 11.1 Å². The van der Waals surface area contributed by atoms with E-state index in [0.29, 0.717) is 17.3 Å². The number of esters is 1. The molecule has 1 aliphatic heterocycles. The zero-order valence-corrected chi connectivity index (χ0v) is 15.8. The molecule has 0 unspecified atom stereocenters. The number of halogens is 1. The molecule has 1 atom stereocenters. The summed E-state index contributed by atoms with van der Waals surface area (Å²) in [5.74, 6) is -0.500. The van der Waals surface area contributed by atoms with E-state index in [-0.39, 0.29) is 12.3 Å². The summed E-state index contributed by atoms with van der Waals surface area (Å²) in [7, 11) is 0. The highest BCUT2D eigenvalue weighted by Gasteiger charge is 2.36. The molecule has 0 N–H and O–H groups in total. The molecule has 1 heterocycles. The van der Waals surface area contributed by atoms with Crippen molar-refractivity contribution < 1.29 is 14.3 Å². The minimum Gasteiger partial charge on any atom is -0.426 e. The minimum atomic E-state index is -0.489. The predicted octanol–water partition coefficient (Wildman–Crippen LogP) is 4.97. The number of amides is 1. The van der Waals surface area contributed by atoms with Crippen molar-refractivity contribution in [3.05, 3.63) is 83.9 Å². The van der Waals surface area contributed by atoms with Crippen LogP contribution >= 0.6 is 11.6 Å². The highest BCUT2D eigenvalue weighted by atomic mass is 35.5. The van der Waals surface area contributed by atoms with Gasteiger partial charge >= 0.3 is 5.97 Å². The fourth-order valence-electron chi connectivity index (χ4n) is 3.28. The Morgan fingerprint density at radius 2 is 1.54 bits per heavy atom. The molecule has 0 spiro atoms. The van der Waals surface area contributed by atoms with Gasteiger partial charge in [-0.3, -0.25) is 9.59 Å². The van der Waals surface area contributed by atoms with Crippen LogP contribution in [0.4, 0.5) is 5.69 Å². The van der Waals surface area contributed by atoms with Crippen molar-refractivity contribution in [2.24, 2.45) is 5.92 Å². The van der Waals surface area contributed by atoms with Crippen molar-refractivity contribution in [2.45, 2.75) is 6.42 Å². The van der Waals surface area contributed by atoms with Gasteiger partial charge in [-0.05, 0) is 47.5 Å². The summed E-state index contributed by atoms with van der Waals surface area (Å²) in [6, 6.07) is 24.3. The zero-order chi connectivity index (χ0) is 19.5. The molecule has 1 amide bonds. The van der Waals surface area contributed by atoms with Gasteiger partial charge in [-0.25, -0.2) is 0 Å². The average Bonchev–Trinajstić information content (AvgIpc) is 3.12. The lowest BCUT2D eigenvalue weighted by atomic mass is 10.1. The van der Waals surface area contributed by atoms with E-state index in [1.165, 1.54) is 0 Å². The monoisotopic (exact) mass is 391 g/mol. The Morgan fingerprint density at radius 3 is 2.21 bits per heavy atom. The van der Waals surface area contributed by atoms with Crippen molar-refractivity contribution in [1.82, 2.24) is 0 Å². The first kappa shape index (κ1) is 18.3. The van der Waals surface area contributed by atoms with Gasteiger partial charge in [0.25, 0.3) is 0 Å². The molecule has 4 rings (SSSR count). The summed E-state index contributed by atoms with van der Waals surface area (Å²) in [5, 5.41) is 0.602. The molecule has 5 heteroatoms. The van der Waals surface area contributed by atoms with E-state index in [9.17, 15) is 9.59 Å². The number of rotatable bonds is 4. The van der Waals surface area contributed by atoms with E-state index in [4.69, 9.17) is 16.3 Å². The van der Waals surface area contributed by atoms with Crippen LogP contribution in [-0.4, -0.2) is 18.4 Å². The normalized spacial score (nSPS) is 16.2. The second-order valence-electron chi connectivity index (χ2n) is 6.69. The van der Waals surface area contributed by atoms with Gasteiger partial charge in [-0.2, -0.15) is 0 Å². The Bertz CT molecular complexity index is 985. The molecule has 0 bridgehead atoms. The molecule has 140 valence electrons. The third-order valence-corrected chi connectivity index (χ3v) is 5.03. The number of nitrogens with zero attached hydrogens (tertiary/aromatic N) is 1. The molecule has 4 nitrogen and oxygen atoms in total. The maximum absolute atomic E-state index is 12.5. The van der Waals surface area contributed by atoms with Gasteiger partial charge in [0.1, 0.15) is 5.75 Å². The van der Waals surface area contributed by atoms with Gasteiger partial charge in [-0.1, -0.05) is 54.1 Å². The molecule has 0 saturated carbocycles. The molecule has 1 saturated heterocycles. The Hall–Kier alpha value is -3.11. The first-order valence-corrected chi connectivity index (χ1v) is 9.41. The molecule has 1 aliphatic rings. The number of benzene rings is 3. The number of hydrogen-bond donors (Lipinski definition) is 0. The number of anilines is 1. The Kier molecular flexibility index (Phi) is 5.13. The Balaban J connectivity index is 1.41. The van der Waals surface area contributed by atoms with E-state index in [0.717, 1.165) is 16.8 Å². The predicted molar refractivity (Wildman–Crippen MR) is 109 cm³/mol. The van der Waals surface area contributed by atoms with Crippen LogP contribution in [0.1, 0.15) is 6.42 Å². The van der Waals surface area contributed by atoms with Crippen molar-refractivity contribution in [1.29, 1.82) is 0 Å². The summed E-state index contributed by atoms with van der Waals surface area (Å²) in [6.07, 6.45) is 0.142. The van der Waals surface area contributed by atoms with Crippen LogP contribution in [0.15, 0.2) is 78.9 Å². The SMILES string of the molecule is O=C(Oc1ccc(-c2ccccc2)cc1)[C@H]1CC(=O)N(c2ccc(Cl)cc2)C1. The minimum absolute atomic E-state index is 0.0938. The number of ether oxygens (including phenoxy) is 1. The second kappa shape index (κ2) is 7.87. The molecular weight excluding hydrogens is 374 g/mol. The first-order valence-electron chi connectivity index (χ1n) is 9.03. The molecule has 3 aromatic carbocycles. The second-order valence-corrected chi connectivity index (χ2v) is 7.13. The van der Waals surface area contributed by atoms with Crippen molar-refractivity contribution >= 4 is 29.2 Å². The quantitative estimate of drug-likeness (QED) is 0.466. The van der Waals surface area contributed by atoms with E-state index in [1.807, 2.05) is 42.5 Å². The van der Waals surface area contributed by atoms with Gasteiger partial charge < -0.3 is 9.64 Å². The summed E-state index contributed by atoms with van der Waals surface area (Å²) in [6.45, 7) is 0.307. The molecule has 0 radical (unpaired) electrons. The fourth-order valence-corrected chi connectivity index (χ4v) is 3.41. The molecule has 0 aromatic heterocycles. The maximum atomic E-state index is 12.5. The smallest absolute Gasteiger partial charge is 0.316 e. The van der Waals surface area contributed by atoms with Gasteiger partial charge in [0.05, 0.1) is 5.92 Å². The van der Waals surface area contributed by atoms with Crippen LogP contribution in [0.5, 0.6) is 5.75 Å². The molecule has 1 fully saturated rings. The number of carbonyl (C=O) groups is 2. The summed E-state index contributed by atoms with van der Waals surface area (Å²) >= 11 is 5.90. The van der Waals surface area contributed by atoms with Gasteiger partial charge in [0, 0.05) is 23.7 Å². The first-order chi connectivity index (χ1) is 13.6. The van der Waals surface area contributed by atoms with Crippen molar-refractivity contribution in [3.63, 3.8) is 0 Å². The third kappa shape index (κ3) is 3.92. The van der Waals surface area contributed by atoms with Crippen LogP contribution in [0, 0.1) is 5.92 Å². The average molecular weight is 392 g/mol. The summed E-state index contributed by atoms with van der Waals surface area (Å²) < 4.78 is 5.50. The van der Waals surface area contributed by atoms with Crippen LogP contribution in [-0.2, 0) is 9.59 Å². The van der Waals surface area contributed by atoms with Crippen molar-refractivity contribution in [2.75, 3.05) is 11.4 Å². The molecule has 0 aliphatic carbocycles. The lowest BCUT2D eigenvalue weighted by molar-refractivity contribution is -0.139. The van der Waals surface area contributed by atoms with E-state index in [1.54, 1.807) is 41.3 Å². The highest BCUT2D eigenvalue weighted by molar-refractivity contribution is 6.30. The van der Waals surface area contributed by atoms with E-state index >= 15 is 0 Å². The van der Waals surface area contributed by atoms with Crippen LogP contribution in [0.2, 0.25) is 5.02 Å². The fraction of sp³-hybridized carbons (Fsp3) is 0.130. The van der Waals surface area contributed by atoms with Crippen molar-refractivity contribution in [3.8, 4) is 16.9 Å².